The lowest BCUT2D eigenvalue weighted by molar-refractivity contribution is -0.116. The van der Waals surface area contributed by atoms with Gasteiger partial charge in [-0.25, -0.2) is 0 Å². The average molecular weight is 364 g/mol. The summed E-state index contributed by atoms with van der Waals surface area (Å²) in [5.74, 6) is 1.27. The van der Waals surface area contributed by atoms with Crippen LogP contribution in [0.3, 0.4) is 0 Å². The summed E-state index contributed by atoms with van der Waals surface area (Å²) in [5.41, 5.74) is 6.71. The number of rotatable bonds is 6. The van der Waals surface area contributed by atoms with Crippen molar-refractivity contribution >= 4 is 11.5 Å². The van der Waals surface area contributed by atoms with Crippen molar-refractivity contribution in [3.05, 3.63) is 58.7 Å². The van der Waals surface area contributed by atoms with Crippen LogP contribution in [-0.4, -0.2) is 18.4 Å². The van der Waals surface area contributed by atoms with E-state index in [4.69, 9.17) is 4.74 Å². The first-order valence-electron chi connectivity index (χ1n) is 10.2. The zero-order chi connectivity index (χ0) is 18.8. The number of carbonyl (C=O) groups excluding carboxylic acids is 1. The van der Waals surface area contributed by atoms with Crippen molar-refractivity contribution in [2.45, 2.75) is 65.0 Å². The van der Waals surface area contributed by atoms with Gasteiger partial charge in [0.05, 0.1) is 6.10 Å². The first-order valence-corrected chi connectivity index (χ1v) is 10.2. The van der Waals surface area contributed by atoms with Gasteiger partial charge in [0.2, 0.25) is 0 Å². The fourth-order valence-electron chi connectivity index (χ4n) is 3.97. The zero-order valence-electron chi connectivity index (χ0n) is 16.5. The summed E-state index contributed by atoms with van der Waals surface area (Å²) in [6.07, 6.45) is 6.62. The topological polar surface area (TPSA) is 29.5 Å². The van der Waals surface area contributed by atoms with Crippen LogP contribution in [0.5, 0.6) is 5.75 Å². The van der Waals surface area contributed by atoms with E-state index in [-0.39, 0.29) is 5.78 Å². The number of anilines is 1. The van der Waals surface area contributed by atoms with Gasteiger partial charge in [-0.15, -0.1) is 0 Å². The molecule has 1 fully saturated rings. The normalized spacial score (nSPS) is 16.6. The van der Waals surface area contributed by atoms with Crippen molar-refractivity contribution in [2.75, 3.05) is 11.4 Å². The van der Waals surface area contributed by atoms with Crippen molar-refractivity contribution in [1.29, 1.82) is 0 Å². The number of ether oxygens (including phenoxy) is 1. The SMILES string of the molecule is CC(=O)CCc1ccc2c(c1)CCN(c1cc(OC3CCC3)ccc1C)C2. The molecule has 2 aromatic carbocycles. The molecule has 1 saturated carbocycles. The second-order valence-electron chi connectivity index (χ2n) is 8.10. The van der Waals surface area contributed by atoms with Crippen LogP contribution >= 0.6 is 0 Å². The van der Waals surface area contributed by atoms with Crippen molar-refractivity contribution in [1.82, 2.24) is 0 Å². The molecule has 0 unspecified atom stereocenters. The van der Waals surface area contributed by atoms with E-state index in [2.05, 4.69) is 48.2 Å². The molecular formula is C24H29NO2. The molecule has 0 amide bonds. The minimum atomic E-state index is 0.262. The number of ketones is 1. The Hall–Kier alpha value is -2.29. The molecule has 1 heterocycles. The molecule has 3 nitrogen and oxygen atoms in total. The van der Waals surface area contributed by atoms with Gasteiger partial charge in [-0.2, -0.15) is 0 Å². The third-order valence-electron chi connectivity index (χ3n) is 5.92. The highest BCUT2D eigenvalue weighted by atomic mass is 16.5. The third kappa shape index (κ3) is 4.18. The first-order chi connectivity index (χ1) is 13.1. The summed E-state index contributed by atoms with van der Waals surface area (Å²) in [5, 5.41) is 0. The summed E-state index contributed by atoms with van der Waals surface area (Å²) >= 11 is 0. The maximum Gasteiger partial charge on any atom is 0.130 e. The van der Waals surface area contributed by atoms with Crippen LogP contribution in [0.4, 0.5) is 5.69 Å². The number of carbonyl (C=O) groups is 1. The van der Waals surface area contributed by atoms with Crippen LogP contribution in [0.2, 0.25) is 0 Å². The molecule has 2 aliphatic rings. The van der Waals surface area contributed by atoms with Crippen molar-refractivity contribution < 1.29 is 9.53 Å². The van der Waals surface area contributed by atoms with Crippen LogP contribution in [0, 0.1) is 6.92 Å². The van der Waals surface area contributed by atoms with E-state index < -0.39 is 0 Å². The number of Topliss-reactive ketones (excluding diaryl/α,β-unsaturated/α-hetero) is 1. The molecule has 0 atom stereocenters. The number of fused-ring (bicyclic) bond motifs is 1. The van der Waals surface area contributed by atoms with Crippen LogP contribution in [-0.2, 0) is 24.2 Å². The summed E-state index contributed by atoms with van der Waals surface area (Å²) < 4.78 is 6.11. The maximum atomic E-state index is 11.2. The third-order valence-corrected chi connectivity index (χ3v) is 5.92. The van der Waals surface area contributed by atoms with Gasteiger partial charge < -0.3 is 14.4 Å². The lowest BCUT2D eigenvalue weighted by Crippen LogP contribution is -2.31. The fourth-order valence-corrected chi connectivity index (χ4v) is 3.97. The smallest absolute Gasteiger partial charge is 0.130 e. The predicted octanol–water partition coefficient (Wildman–Crippen LogP) is 5.01. The van der Waals surface area contributed by atoms with Crippen molar-refractivity contribution in [3.63, 3.8) is 0 Å². The number of hydrogen-bond acceptors (Lipinski definition) is 3. The van der Waals surface area contributed by atoms with E-state index in [9.17, 15) is 4.79 Å². The maximum absolute atomic E-state index is 11.2. The molecule has 1 aliphatic heterocycles. The molecule has 0 aromatic heterocycles. The standard InChI is InChI=1S/C24H29NO2/c1-17-6-11-23(27-22-4-3-5-22)15-24(17)25-13-12-20-14-19(8-7-18(2)26)9-10-21(20)16-25/h6,9-11,14-15,22H,3-5,7-8,12-13,16H2,1-2H3. The molecule has 3 heteroatoms. The van der Waals surface area contributed by atoms with E-state index in [0.29, 0.717) is 12.5 Å². The van der Waals surface area contributed by atoms with E-state index >= 15 is 0 Å². The molecule has 142 valence electrons. The van der Waals surface area contributed by atoms with Gasteiger partial charge in [0, 0.05) is 31.3 Å². The zero-order valence-corrected chi connectivity index (χ0v) is 16.5. The second kappa shape index (κ2) is 7.75. The summed E-state index contributed by atoms with van der Waals surface area (Å²) in [6.45, 7) is 5.82. The Kier molecular flexibility index (Phi) is 5.20. The van der Waals surface area contributed by atoms with Gasteiger partial charge in [0.15, 0.2) is 0 Å². The van der Waals surface area contributed by atoms with Gasteiger partial charge in [-0.05, 0) is 74.3 Å². The Morgan fingerprint density at radius 1 is 1.15 bits per heavy atom. The minimum Gasteiger partial charge on any atom is -0.490 e. The van der Waals surface area contributed by atoms with E-state index in [1.807, 2.05) is 0 Å². The largest absolute Gasteiger partial charge is 0.490 e. The molecule has 0 bridgehead atoms. The first kappa shape index (κ1) is 18.1. The Morgan fingerprint density at radius 2 is 2.00 bits per heavy atom. The monoisotopic (exact) mass is 363 g/mol. The van der Waals surface area contributed by atoms with Crippen LogP contribution < -0.4 is 9.64 Å². The van der Waals surface area contributed by atoms with Gasteiger partial charge in [-0.1, -0.05) is 24.3 Å². The number of hydrogen-bond donors (Lipinski definition) is 0. The van der Waals surface area contributed by atoms with Gasteiger partial charge in [0.25, 0.3) is 0 Å². The molecule has 0 N–H and O–H groups in total. The number of benzene rings is 2. The Morgan fingerprint density at radius 3 is 2.74 bits per heavy atom. The Labute approximate surface area is 162 Å². The summed E-state index contributed by atoms with van der Waals surface area (Å²) in [7, 11) is 0. The summed E-state index contributed by atoms with van der Waals surface area (Å²) in [4.78, 5) is 13.7. The quantitative estimate of drug-likeness (QED) is 0.722. The van der Waals surface area contributed by atoms with Gasteiger partial charge in [0.1, 0.15) is 11.5 Å². The van der Waals surface area contributed by atoms with Crippen molar-refractivity contribution in [2.24, 2.45) is 0 Å². The molecule has 0 saturated heterocycles. The van der Waals surface area contributed by atoms with Crippen LogP contribution in [0.15, 0.2) is 36.4 Å². The molecule has 2 aromatic rings. The fraction of sp³-hybridized carbons (Fsp3) is 0.458. The van der Waals surface area contributed by atoms with Gasteiger partial charge >= 0.3 is 0 Å². The van der Waals surface area contributed by atoms with E-state index in [1.165, 1.54) is 47.2 Å². The highest BCUT2D eigenvalue weighted by Crippen LogP contribution is 2.33. The molecule has 0 spiro atoms. The summed E-state index contributed by atoms with van der Waals surface area (Å²) in [6, 6.07) is 13.3. The average Bonchev–Trinajstić information content (AvgIpc) is 2.63. The number of aryl methyl sites for hydroxylation is 2. The van der Waals surface area contributed by atoms with Crippen molar-refractivity contribution in [3.8, 4) is 5.75 Å². The van der Waals surface area contributed by atoms with Crippen LogP contribution in [0.25, 0.3) is 0 Å². The predicted molar refractivity (Wildman–Crippen MR) is 110 cm³/mol. The second-order valence-corrected chi connectivity index (χ2v) is 8.10. The highest BCUT2D eigenvalue weighted by molar-refractivity contribution is 5.75. The minimum absolute atomic E-state index is 0.262. The van der Waals surface area contributed by atoms with Gasteiger partial charge in [-0.3, -0.25) is 0 Å². The van der Waals surface area contributed by atoms with E-state index in [1.54, 1.807) is 6.92 Å². The lowest BCUT2D eigenvalue weighted by Gasteiger charge is -2.33. The highest BCUT2D eigenvalue weighted by Gasteiger charge is 2.21. The molecular weight excluding hydrogens is 334 g/mol. The molecule has 4 rings (SSSR count). The molecule has 0 radical (unpaired) electrons. The van der Waals surface area contributed by atoms with Crippen LogP contribution in [0.1, 0.15) is 54.9 Å². The Balaban J connectivity index is 1.49. The Bertz CT molecular complexity index is 838. The van der Waals surface area contributed by atoms with E-state index in [0.717, 1.165) is 31.7 Å². The molecule has 27 heavy (non-hydrogen) atoms. The number of nitrogens with zero attached hydrogens (tertiary/aromatic N) is 1. The lowest BCUT2D eigenvalue weighted by atomic mass is 9.94. The molecule has 1 aliphatic carbocycles.